The SMILES string of the molecule is CC(N)CCNCCc1ccccn1. The van der Waals surface area contributed by atoms with Gasteiger partial charge >= 0.3 is 0 Å². The van der Waals surface area contributed by atoms with Gasteiger partial charge in [0.25, 0.3) is 0 Å². The van der Waals surface area contributed by atoms with Gasteiger partial charge in [-0.05, 0) is 32.0 Å². The molecule has 0 saturated carbocycles. The highest BCUT2D eigenvalue weighted by Crippen LogP contribution is 1.93. The lowest BCUT2D eigenvalue weighted by Crippen LogP contribution is -2.25. The van der Waals surface area contributed by atoms with Crippen molar-refractivity contribution < 1.29 is 0 Å². The van der Waals surface area contributed by atoms with E-state index in [2.05, 4.69) is 10.3 Å². The van der Waals surface area contributed by atoms with Crippen molar-refractivity contribution in [3.8, 4) is 0 Å². The Bertz CT molecular complexity index is 234. The molecule has 0 amide bonds. The summed E-state index contributed by atoms with van der Waals surface area (Å²) in [7, 11) is 0. The van der Waals surface area contributed by atoms with Crippen molar-refractivity contribution in [2.75, 3.05) is 13.1 Å². The second kappa shape index (κ2) is 6.51. The number of nitrogens with one attached hydrogen (secondary N) is 1. The van der Waals surface area contributed by atoms with Crippen LogP contribution in [-0.4, -0.2) is 24.1 Å². The van der Waals surface area contributed by atoms with Gasteiger partial charge in [-0.1, -0.05) is 6.07 Å². The van der Waals surface area contributed by atoms with Gasteiger partial charge in [0, 0.05) is 30.9 Å². The molecule has 14 heavy (non-hydrogen) atoms. The van der Waals surface area contributed by atoms with E-state index in [1.54, 1.807) is 0 Å². The topological polar surface area (TPSA) is 50.9 Å². The van der Waals surface area contributed by atoms with Gasteiger partial charge in [-0.2, -0.15) is 0 Å². The molecule has 0 aliphatic carbocycles. The van der Waals surface area contributed by atoms with E-state index in [1.807, 2.05) is 31.3 Å². The third-order valence-electron chi connectivity index (χ3n) is 2.06. The fourth-order valence-electron chi connectivity index (χ4n) is 1.22. The molecule has 0 saturated heterocycles. The van der Waals surface area contributed by atoms with Crippen molar-refractivity contribution in [3.05, 3.63) is 30.1 Å². The van der Waals surface area contributed by atoms with E-state index in [4.69, 9.17) is 5.73 Å². The molecule has 0 bridgehead atoms. The predicted molar refractivity (Wildman–Crippen MR) is 59.1 cm³/mol. The first-order chi connectivity index (χ1) is 6.79. The van der Waals surface area contributed by atoms with Gasteiger partial charge in [0.15, 0.2) is 0 Å². The number of aromatic nitrogens is 1. The molecule has 0 fully saturated rings. The van der Waals surface area contributed by atoms with Crippen molar-refractivity contribution in [1.82, 2.24) is 10.3 Å². The van der Waals surface area contributed by atoms with E-state index in [0.717, 1.165) is 31.6 Å². The molecule has 1 atom stereocenters. The molecule has 0 aliphatic rings. The van der Waals surface area contributed by atoms with Gasteiger partial charge in [0.05, 0.1) is 0 Å². The molecule has 1 unspecified atom stereocenters. The van der Waals surface area contributed by atoms with Crippen molar-refractivity contribution in [1.29, 1.82) is 0 Å². The molecule has 1 rings (SSSR count). The minimum Gasteiger partial charge on any atom is -0.328 e. The molecule has 1 heterocycles. The summed E-state index contributed by atoms with van der Waals surface area (Å²) in [5.41, 5.74) is 6.77. The average molecular weight is 193 g/mol. The average Bonchev–Trinajstić information content (AvgIpc) is 2.18. The predicted octanol–water partition coefficient (Wildman–Crippen LogP) is 0.951. The van der Waals surface area contributed by atoms with E-state index in [9.17, 15) is 0 Å². The number of nitrogens with zero attached hydrogens (tertiary/aromatic N) is 1. The van der Waals surface area contributed by atoms with Crippen molar-refractivity contribution in [3.63, 3.8) is 0 Å². The van der Waals surface area contributed by atoms with Crippen LogP contribution in [0.25, 0.3) is 0 Å². The molecule has 1 aromatic rings. The minimum absolute atomic E-state index is 0.289. The first-order valence-corrected chi connectivity index (χ1v) is 5.15. The van der Waals surface area contributed by atoms with Gasteiger partial charge in [0.2, 0.25) is 0 Å². The molecule has 3 nitrogen and oxygen atoms in total. The zero-order valence-corrected chi connectivity index (χ0v) is 8.74. The highest BCUT2D eigenvalue weighted by Gasteiger charge is 1.94. The van der Waals surface area contributed by atoms with Crippen LogP contribution in [0.2, 0.25) is 0 Å². The Morgan fingerprint density at radius 1 is 1.43 bits per heavy atom. The molecule has 3 heteroatoms. The van der Waals surface area contributed by atoms with Crippen LogP contribution in [0, 0.1) is 0 Å². The summed E-state index contributed by atoms with van der Waals surface area (Å²) in [5, 5.41) is 3.35. The van der Waals surface area contributed by atoms with Crippen LogP contribution in [0.1, 0.15) is 19.0 Å². The maximum atomic E-state index is 5.63. The summed E-state index contributed by atoms with van der Waals surface area (Å²) in [5.74, 6) is 0. The van der Waals surface area contributed by atoms with Gasteiger partial charge in [-0.25, -0.2) is 0 Å². The van der Waals surface area contributed by atoms with Crippen LogP contribution in [0.4, 0.5) is 0 Å². The van der Waals surface area contributed by atoms with Gasteiger partial charge in [0.1, 0.15) is 0 Å². The molecular formula is C11H19N3. The van der Waals surface area contributed by atoms with Crippen LogP contribution in [-0.2, 0) is 6.42 Å². The Balaban J connectivity index is 2.05. The number of nitrogens with two attached hydrogens (primary N) is 1. The molecule has 0 spiro atoms. The van der Waals surface area contributed by atoms with Crippen LogP contribution in [0.15, 0.2) is 24.4 Å². The minimum atomic E-state index is 0.289. The molecule has 0 aromatic carbocycles. The smallest absolute Gasteiger partial charge is 0.0416 e. The number of pyridine rings is 1. The molecule has 0 radical (unpaired) electrons. The standard InChI is InChI=1S/C11H19N3/c1-10(12)5-8-13-9-6-11-4-2-3-7-14-11/h2-4,7,10,13H,5-6,8-9,12H2,1H3. The van der Waals surface area contributed by atoms with Gasteiger partial charge in [-0.3, -0.25) is 4.98 Å². The van der Waals surface area contributed by atoms with Crippen LogP contribution in [0.5, 0.6) is 0 Å². The van der Waals surface area contributed by atoms with Gasteiger partial charge < -0.3 is 11.1 Å². The lowest BCUT2D eigenvalue weighted by molar-refractivity contribution is 0.588. The molecule has 78 valence electrons. The highest BCUT2D eigenvalue weighted by molar-refractivity contribution is 5.03. The Labute approximate surface area is 85.7 Å². The largest absolute Gasteiger partial charge is 0.328 e. The fourth-order valence-corrected chi connectivity index (χ4v) is 1.22. The summed E-state index contributed by atoms with van der Waals surface area (Å²) in [6.45, 7) is 3.99. The third-order valence-corrected chi connectivity index (χ3v) is 2.06. The summed E-state index contributed by atoms with van der Waals surface area (Å²) in [6, 6.07) is 6.29. The monoisotopic (exact) mass is 193 g/mol. The van der Waals surface area contributed by atoms with E-state index < -0.39 is 0 Å². The molecule has 1 aromatic heterocycles. The van der Waals surface area contributed by atoms with Crippen LogP contribution >= 0.6 is 0 Å². The van der Waals surface area contributed by atoms with E-state index in [1.165, 1.54) is 0 Å². The van der Waals surface area contributed by atoms with E-state index in [-0.39, 0.29) is 6.04 Å². The summed E-state index contributed by atoms with van der Waals surface area (Å²) in [4.78, 5) is 4.25. The lowest BCUT2D eigenvalue weighted by atomic mass is 10.2. The molecule has 0 aliphatic heterocycles. The van der Waals surface area contributed by atoms with Crippen LogP contribution < -0.4 is 11.1 Å². The quantitative estimate of drug-likeness (QED) is 0.661. The Morgan fingerprint density at radius 2 is 2.29 bits per heavy atom. The normalized spacial score (nSPS) is 12.7. The second-order valence-corrected chi connectivity index (χ2v) is 3.59. The Morgan fingerprint density at radius 3 is 2.93 bits per heavy atom. The van der Waals surface area contributed by atoms with E-state index in [0.29, 0.717) is 0 Å². The zero-order chi connectivity index (χ0) is 10.2. The maximum absolute atomic E-state index is 5.63. The van der Waals surface area contributed by atoms with Crippen molar-refractivity contribution in [2.24, 2.45) is 5.73 Å². The maximum Gasteiger partial charge on any atom is 0.0416 e. The number of hydrogen-bond donors (Lipinski definition) is 2. The molecular weight excluding hydrogens is 174 g/mol. The number of rotatable bonds is 6. The van der Waals surface area contributed by atoms with Crippen LogP contribution in [0.3, 0.4) is 0 Å². The Hall–Kier alpha value is -0.930. The van der Waals surface area contributed by atoms with E-state index >= 15 is 0 Å². The lowest BCUT2D eigenvalue weighted by Gasteiger charge is -2.06. The zero-order valence-electron chi connectivity index (χ0n) is 8.74. The first kappa shape index (κ1) is 11.1. The highest BCUT2D eigenvalue weighted by atomic mass is 14.9. The van der Waals surface area contributed by atoms with Crippen molar-refractivity contribution in [2.45, 2.75) is 25.8 Å². The summed E-state index contributed by atoms with van der Waals surface area (Å²) in [6.07, 6.45) is 3.85. The number of hydrogen-bond acceptors (Lipinski definition) is 3. The fraction of sp³-hybridized carbons (Fsp3) is 0.545. The van der Waals surface area contributed by atoms with Crippen molar-refractivity contribution >= 4 is 0 Å². The Kier molecular flexibility index (Phi) is 5.19. The second-order valence-electron chi connectivity index (χ2n) is 3.59. The summed E-state index contributed by atoms with van der Waals surface area (Å²) < 4.78 is 0. The van der Waals surface area contributed by atoms with Gasteiger partial charge in [-0.15, -0.1) is 0 Å². The first-order valence-electron chi connectivity index (χ1n) is 5.15. The summed E-state index contributed by atoms with van der Waals surface area (Å²) >= 11 is 0. The third kappa shape index (κ3) is 4.94. The molecule has 3 N–H and O–H groups in total.